The van der Waals surface area contributed by atoms with E-state index in [9.17, 15) is 4.21 Å². The van der Waals surface area contributed by atoms with Crippen LogP contribution in [0, 0.1) is 0 Å². The molecule has 0 spiro atoms. The molecular formula is O5S. The highest BCUT2D eigenvalue weighted by molar-refractivity contribution is 7.75. The topological polar surface area (TPSA) is 54.0 Å². The third-order valence-corrected chi connectivity index (χ3v) is 0.528. The average Bonchev–Trinajstić information content (AvgIpc) is 1.86. The third kappa shape index (κ3) is 0.730. The fraction of sp³-hybridized carbons (Fsp3) is 0. The van der Waals surface area contributed by atoms with Crippen LogP contribution in [0.4, 0.5) is 0 Å². The minimum absolute atomic E-state index is 1.87. The molecule has 0 saturated carbocycles. The summed E-state index contributed by atoms with van der Waals surface area (Å²) in [5, 5.41) is 7.07. The summed E-state index contributed by atoms with van der Waals surface area (Å²) >= 11 is -1.87. The highest BCUT2D eigenvalue weighted by Crippen LogP contribution is 2.00. The second-order valence-electron chi connectivity index (χ2n) is 0.476. The molecule has 36 valence electrons. The predicted octanol–water partition coefficient (Wildman–Crippen LogP) is -0.610. The van der Waals surface area contributed by atoms with Crippen molar-refractivity contribution in [1.29, 1.82) is 0 Å². The molecule has 0 aromatic carbocycles. The third-order valence-electron chi connectivity index (χ3n) is 0.194. The van der Waals surface area contributed by atoms with Crippen LogP contribution < -0.4 is 0 Å². The van der Waals surface area contributed by atoms with Crippen LogP contribution in [0.5, 0.6) is 0 Å². The van der Waals surface area contributed by atoms with Gasteiger partial charge in [-0.05, 0) is 10.1 Å². The Hall–Kier alpha value is -0.0100. The predicted molar refractivity (Wildman–Crippen MR) is 12.5 cm³/mol. The first-order chi connectivity index (χ1) is 2.89. The van der Waals surface area contributed by atoms with Crippen LogP contribution in [0.25, 0.3) is 0 Å². The molecule has 0 aliphatic carbocycles. The summed E-state index contributed by atoms with van der Waals surface area (Å²) in [5.74, 6) is 0. The smallest absolute Gasteiger partial charge is 0.192 e. The fourth-order valence-electron chi connectivity index (χ4n) is 0.0794. The maximum Gasteiger partial charge on any atom is 0.367 e. The van der Waals surface area contributed by atoms with Gasteiger partial charge in [0.2, 0.25) is 0 Å². The number of hydrogen-bond donors (Lipinski definition) is 0. The van der Waals surface area contributed by atoms with Crippen molar-refractivity contribution >= 4 is 11.4 Å². The molecule has 1 aliphatic rings. The van der Waals surface area contributed by atoms with Gasteiger partial charge in [0.15, 0.2) is 0 Å². The molecule has 6 heavy (non-hydrogen) atoms. The molecule has 1 rings (SSSR count). The molecular weight excluding hydrogens is 112 g/mol. The summed E-state index contributed by atoms with van der Waals surface area (Å²) in [7, 11) is 0. The standard InChI is InChI=1S/O5S/c1-6-4-2-3-5-6. The van der Waals surface area contributed by atoms with Crippen LogP contribution in [-0.4, -0.2) is 4.21 Å². The lowest BCUT2D eigenvalue weighted by Gasteiger charge is -1.65. The first-order valence-electron chi connectivity index (χ1n) is 1.00. The maximum absolute atomic E-state index is 9.66. The largest absolute Gasteiger partial charge is 0.367 e. The van der Waals surface area contributed by atoms with Gasteiger partial charge in [0.25, 0.3) is 0 Å². The van der Waals surface area contributed by atoms with Gasteiger partial charge in [-0.1, -0.05) is 8.67 Å². The Morgan fingerprint density at radius 1 is 1.17 bits per heavy atom. The van der Waals surface area contributed by atoms with E-state index in [1.54, 1.807) is 0 Å². The van der Waals surface area contributed by atoms with Gasteiger partial charge in [0.05, 0.1) is 0 Å². The van der Waals surface area contributed by atoms with E-state index in [2.05, 4.69) is 18.7 Å². The van der Waals surface area contributed by atoms with Crippen molar-refractivity contribution in [3.63, 3.8) is 0 Å². The summed E-state index contributed by atoms with van der Waals surface area (Å²) in [4.78, 5) is 0. The van der Waals surface area contributed by atoms with Crippen molar-refractivity contribution in [2.75, 3.05) is 0 Å². The number of hydrogen-bond acceptors (Lipinski definition) is 5. The Kier molecular flexibility index (Phi) is 1.13. The van der Waals surface area contributed by atoms with Gasteiger partial charge < -0.3 is 0 Å². The van der Waals surface area contributed by atoms with Crippen LogP contribution >= 0.6 is 0 Å². The molecule has 5 nitrogen and oxygen atoms in total. The molecule has 0 atom stereocenters. The van der Waals surface area contributed by atoms with Gasteiger partial charge in [-0.2, -0.15) is 4.21 Å². The van der Waals surface area contributed by atoms with Gasteiger partial charge in [-0.25, -0.2) is 0 Å². The molecule has 1 saturated heterocycles. The van der Waals surface area contributed by atoms with Gasteiger partial charge in [0.1, 0.15) is 0 Å². The lowest BCUT2D eigenvalue weighted by Crippen LogP contribution is -1.80. The van der Waals surface area contributed by atoms with Crippen LogP contribution in [0.1, 0.15) is 0 Å². The summed E-state index contributed by atoms with van der Waals surface area (Å²) < 4.78 is 17.0. The fourth-order valence-corrected chi connectivity index (χ4v) is 0.238. The quantitative estimate of drug-likeness (QED) is 0.391. The summed E-state index contributed by atoms with van der Waals surface area (Å²) in [6.07, 6.45) is 0. The van der Waals surface area contributed by atoms with Crippen LogP contribution in [0.15, 0.2) is 0 Å². The lowest BCUT2D eigenvalue weighted by atomic mass is 14.4. The molecule has 0 radical (unpaired) electrons. The lowest BCUT2D eigenvalue weighted by molar-refractivity contribution is -0.532. The molecule has 1 heterocycles. The van der Waals surface area contributed by atoms with E-state index in [-0.39, 0.29) is 0 Å². The monoisotopic (exact) mass is 112 g/mol. The zero-order valence-corrected chi connectivity index (χ0v) is 3.27. The highest BCUT2D eigenvalue weighted by atomic mass is 32.2. The second-order valence-corrected chi connectivity index (χ2v) is 1.16. The summed E-state index contributed by atoms with van der Waals surface area (Å²) in [5.41, 5.74) is 0. The van der Waals surface area contributed by atoms with E-state index < -0.39 is 11.4 Å². The van der Waals surface area contributed by atoms with Gasteiger partial charge in [-0.15, -0.1) is 0 Å². The Labute approximate surface area is 35.4 Å². The van der Waals surface area contributed by atoms with E-state index >= 15 is 0 Å². The SMILES string of the molecule is O=S1OOOO1. The minimum atomic E-state index is -1.87. The van der Waals surface area contributed by atoms with Crippen molar-refractivity contribution < 1.29 is 23.0 Å². The van der Waals surface area contributed by atoms with Crippen molar-refractivity contribution in [2.24, 2.45) is 0 Å². The average molecular weight is 112 g/mol. The van der Waals surface area contributed by atoms with Gasteiger partial charge >= 0.3 is 11.4 Å². The second kappa shape index (κ2) is 1.63. The molecule has 1 fully saturated rings. The van der Waals surface area contributed by atoms with Crippen LogP contribution in [0.2, 0.25) is 0 Å². The van der Waals surface area contributed by atoms with Crippen molar-refractivity contribution in [1.82, 2.24) is 0 Å². The summed E-state index contributed by atoms with van der Waals surface area (Å²) in [6, 6.07) is 0. The first-order valence-corrected chi connectivity index (χ1v) is 2.00. The van der Waals surface area contributed by atoms with E-state index in [4.69, 9.17) is 0 Å². The van der Waals surface area contributed by atoms with Crippen molar-refractivity contribution in [3.8, 4) is 0 Å². The molecule has 6 heteroatoms. The summed E-state index contributed by atoms with van der Waals surface area (Å²) in [6.45, 7) is 0. The molecule has 0 bridgehead atoms. The number of rotatable bonds is 0. The van der Waals surface area contributed by atoms with E-state index in [0.717, 1.165) is 0 Å². The Morgan fingerprint density at radius 3 is 1.83 bits per heavy atom. The molecule has 0 N–H and O–H groups in total. The Bertz CT molecular complexity index is 58.3. The first kappa shape index (κ1) is 4.16. The van der Waals surface area contributed by atoms with E-state index in [0.29, 0.717) is 0 Å². The van der Waals surface area contributed by atoms with E-state index in [1.807, 2.05) is 0 Å². The zero-order valence-electron chi connectivity index (χ0n) is 2.45. The molecule has 0 amide bonds. The maximum atomic E-state index is 9.66. The van der Waals surface area contributed by atoms with Crippen LogP contribution in [0.3, 0.4) is 0 Å². The highest BCUT2D eigenvalue weighted by Gasteiger charge is 2.12. The van der Waals surface area contributed by atoms with E-state index in [1.165, 1.54) is 0 Å². The van der Waals surface area contributed by atoms with Crippen molar-refractivity contribution in [3.05, 3.63) is 0 Å². The normalized spacial score (nSPS) is 25.3. The van der Waals surface area contributed by atoms with Gasteiger partial charge in [-0.3, -0.25) is 0 Å². The van der Waals surface area contributed by atoms with Gasteiger partial charge in [0, 0.05) is 0 Å². The Morgan fingerprint density at radius 2 is 1.67 bits per heavy atom. The Balaban J connectivity index is 2.37. The molecule has 0 aromatic rings. The van der Waals surface area contributed by atoms with Crippen molar-refractivity contribution in [2.45, 2.75) is 0 Å². The van der Waals surface area contributed by atoms with Crippen LogP contribution in [-0.2, 0) is 30.1 Å². The zero-order chi connectivity index (χ0) is 4.41. The molecule has 1 aliphatic heterocycles. The molecule has 0 unspecified atom stereocenters. The minimum Gasteiger partial charge on any atom is -0.192 e. The molecule has 0 aromatic heterocycles.